The molecular formula is C9H18O3. The van der Waals surface area contributed by atoms with Gasteiger partial charge in [-0.1, -0.05) is 6.92 Å². The second-order valence-corrected chi connectivity index (χ2v) is 2.38. The van der Waals surface area contributed by atoms with Crippen molar-refractivity contribution in [2.75, 3.05) is 26.4 Å². The van der Waals surface area contributed by atoms with Crippen molar-refractivity contribution in [2.45, 2.75) is 20.3 Å². The van der Waals surface area contributed by atoms with Crippen LogP contribution >= 0.6 is 0 Å². The number of hydrogen-bond donors (Lipinski definition) is 1. The Hall–Kier alpha value is -0.540. The lowest BCUT2D eigenvalue weighted by molar-refractivity contribution is 0.0721. The third-order valence-corrected chi connectivity index (χ3v) is 1.29. The van der Waals surface area contributed by atoms with Crippen LogP contribution in [0.5, 0.6) is 0 Å². The highest BCUT2D eigenvalue weighted by Gasteiger charge is 1.95. The Balaban J connectivity index is 3.41. The molecule has 0 spiro atoms. The van der Waals surface area contributed by atoms with Crippen molar-refractivity contribution in [1.29, 1.82) is 0 Å². The topological polar surface area (TPSA) is 38.7 Å². The summed E-state index contributed by atoms with van der Waals surface area (Å²) in [6, 6.07) is 0. The summed E-state index contributed by atoms with van der Waals surface area (Å²) in [7, 11) is 0. The van der Waals surface area contributed by atoms with Crippen molar-refractivity contribution in [2.24, 2.45) is 0 Å². The summed E-state index contributed by atoms with van der Waals surface area (Å²) in [5, 5.41) is 8.44. The van der Waals surface area contributed by atoms with Gasteiger partial charge in [0.15, 0.2) is 0 Å². The van der Waals surface area contributed by atoms with E-state index in [1.807, 2.05) is 13.0 Å². The third kappa shape index (κ3) is 6.19. The molecule has 12 heavy (non-hydrogen) atoms. The van der Waals surface area contributed by atoms with Crippen molar-refractivity contribution < 1.29 is 14.6 Å². The van der Waals surface area contributed by atoms with Gasteiger partial charge in [-0.2, -0.15) is 0 Å². The van der Waals surface area contributed by atoms with Gasteiger partial charge in [0.2, 0.25) is 0 Å². The first kappa shape index (κ1) is 11.5. The second kappa shape index (κ2) is 8.56. The maximum atomic E-state index is 8.44. The van der Waals surface area contributed by atoms with E-state index in [0.717, 1.165) is 18.8 Å². The molecule has 0 aliphatic heterocycles. The summed E-state index contributed by atoms with van der Waals surface area (Å²) in [5.41, 5.74) is 0. The molecule has 1 N–H and O–H groups in total. The molecule has 0 aromatic carbocycles. The zero-order valence-corrected chi connectivity index (χ0v) is 7.88. The van der Waals surface area contributed by atoms with E-state index in [1.54, 1.807) is 0 Å². The van der Waals surface area contributed by atoms with Crippen LogP contribution in [0, 0.1) is 0 Å². The predicted octanol–water partition coefficient (Wildman–Crippen LogP) is 1.33. The van der Waals surface area contributed by atoms with Crippen LogP contribution in [-0.2, 0) is 9.47 Å². The fourth-order valence-electron chi connectivity index (χ4n) is 0.679. The average molecular weight is 174 g/mol. The molecule has 0 unspecified atom stereocenters. The molecule has 0 aromatic heterocycles. The van der Waals surface area contributed by atoms with Gasteiger partial charge < -0.3 is 14.6 Å². The average Bonchev–Trinajstić information content (AvgIpc) is 2.11. The van der Waals surface area contributed by atoms with Crippen molar-refractivity contribution in [3.05, 3.63) is 11.8 Å². The number of aliphatic hydroxyl groups excluding tert-OH is 1. The fourth-order valence-corrected chi connectivity index (χ4v) is 0.679. The highest BCUT2D eigenvalue weighted by Crippen LogP contribution is 1.98. The Kier molecular flexibility index (Phi) is 8.17. The van der Waals surface area contributed by atoms with Crippen molar-refractivity contribution in [1.82, 2.24) is 0 Å². The molecule has 0 bridgehead atoms. The molecule has 0 amide bonds. The van der Waals surface area contributed by atoms with Gasteiger partial charge >= 0.3 is 0 Å². The summed E-state index contributed by atoms with van der Waals surface area (Å²) in [4.78, 5) is 0. The molecule has 0 fully saturated rings. The maximum Gasteiger partial charge on any atom is 0.117 e. The molecule has 0 aliphatic carbocycles. The minimum Gasteiger partial charge on any atom is -0.496 e. The van der Waals surface area contributed by atoms with Crippen LogP contribution in [0.1, 0.15) is 20.3 Å². The van der Waals surface area contributed by atoms with Crippen LogP contribution in [0.15, 0.2) is 11.8 Å². The Labute approximate surface area is 74.0 Å². The van der Waals surface area contributed by atoms with Crippen LogP contribution < -0.4 is 0 Å². The van der Waals surface area contributed by atoms with E-state index in [9.17, 15) is 0 Å². The van der Waals surface area contributed by atoms with E-state index in [-0.39, 0.29) is 6.61 Å². The SMILES string of the molecule is CC=C(COCCO)OCCC. The quantitative estimate of drug-likeness (QED) is 0.467. The molecule has 0 saturated heterocycles. The summed E-state index contributed by atoms with van der Waals surface area (Å²) < 4.78 is 10.4. The van der Waals surface area contributed by atoms with Crippen LogP contribution in [0.3, 0.4) is 0 Å². The Morgan fingerprint density at radius 2 is 2.17 bits per heavy atom. The number of hydrogen-bond acceptors (Lipinski definition) is 3. The smallest absolute Gasteiger partial charge is 0.117 e. The van der Waals surface area contributed by atoms with Crippen LogP contribution in [0.25, 0.3) is 0 Å². The van der Waals surface area contributed by atoms with E-state index in [4.69, 9.17) is 14.6 Å². The molecule has 0 aromatic rings. The summed E-state index contributed by atoms with van der Waals surface area (Å²) in [5.74, 6) is 0.838. The van der Waals surface area contributed by atoms with E-state index in [1.165, 1.54) is 0 Å². The van der Waals surface area contributed by atoms with Gasteiger partial charge in [-0.05, 0) is 19.4 Å². The summed E-state index contributed by atoms with van der Waals surface area (Å²) in [6.07, 6.45) is 2.88. The zero-order valence-electron chi connectivity index (χ0n) is 7.88. The van der Waals surface area contributed by atoms with Gasteiger partial charge in [0.1, 0.15) is 12.4 Å². The lowest BCUT2D eigenvalue weighted by Crippen LogP contribution is -2.06. The third-order valence-electron chi connectivity index (χ3n) is 1.29. The lowest BCUT2D eigenvalue weighted by atomic mass is 10.4. The first-order valence-corrected chi connectivity index (χ1v) is 4.31. The van der Waals surface area contributed by atoms with Gasteiger partial charge in [0.05, 0.1) is 19.8 Å². The number of rotatable bonds is 7. The maximum absolute atomic E-state index is 8.44. The highest BCUT2D eigenvalue weighted by atomic mass is 16.5. The first-order chi connectivity index (χ1) is 5.85. The van der Waals surface area contributed by atoms with Crippen LogP contribution in [0.4, 0.5) is 0 Å². The van der Waals surface area contributed by atoms with Gasteiger partial charge in [-0.15, -0.1) is 0 Å². The van der Waals surface area contributed by atoms with Gasteiger partial charge in [-0.25, -0.2) is 0 Å². The van der Waals surface area contributed by atoms with Crippen molar-refractivity contribution in [3.63, 3.8) is 0 Å². The highest BCUT2D eigenvalue weighted by molar-refractivity contribution is 4.90. The number of ether oxygens (including phenoxy) is 2. The van der Waals surface area contributed by atoms with Gasteiger partial charge in [0, 0.05) is 0 Å². The van der Waals surface area contributed by atoms with Crippen molar-refractivity contribution >= 4 is 0 Å². The largest absolute Gasteiger partial charge is 0.496 e. The predicted molar refractivity (Wildman–Crippen MR) is 47.9 cm³/mol. The molecule has 3 nitrogen and oxygen atoms in total. The first-order valence-electron chi connectivity index (χ1n) is 4.31. The Morgan fingerprint density at radius 3 is 2.67 bits per heavy atom. The molecule has 0 heterocycles. The minimum absolute atomic E-state index is 0.0603. The normalized spacial score (nSPS) is 11.8. The lowest BCUT2D eigenvalue weighted by Gasteiger charge is -2.08. The van der Waals surface area contributed by atoms with Gasteiger partial charge in [-0.3, -0.25) is 0 Å². The molecular weight excluding hydrogens is 156 g/mol. The fraction of sp³-hybridized carbons (Fsp3) is 0.778. The second-order valence-electron chi connectivity index (χ2n) is 2.38. The zero-order chi connectivity index (χ0) is 9.23. The number of allylic oxidation sites excluding steroid dienone is 1. The van der Waals surface area contributed by atoms with Gasteiger partial charge in [0.25, 0.3) is 0 Å². The van der Waals surface area contributed by atoms with Crippen molar-refractivity contribution in [3.8, 4) is 0 Å². The molecule has 0 aliphatic rings. The molecule has 3 heteroatoms. The number of aliphatic hydroxyl groups is 1. The molecule has 0 rings (SSSR count). The van der Waals surface area contributed by atoms with E-state index < -0.39 is 0 Å². The molecule has 0 atom stereocenters. The van der Waals surface area contributed by atoms with E-state index in [0.29, 0.717) is 13.2 Å². The monoisotopic (exact) mass is 174 g/mol. The standard InChI is InChI=1S/C9H18O3/c1-3-6-12-9(4-2)8-11-7-5-10/h4,10H,3,5-8H2,1-2H3. The summed E-state index contributed by atoms with van der Waals surface area (Å²) >= 11 is 0. The van der Waals surface area contributed by atoms with Crippen LogP contribution in [0.2, 0.25) is 0 Å². The minimum atomic E-state index is 0.0603. The molecule has 0 radical (unpaired) electrons. The van der Waals surface area contributed by atoms with Crippen LogP contribution in [-0.4, -0.2) is 31.5 Å². The van der Waals surface area contributed by atoms with E-state index >= 15 is 0 Å². The summed E-state index contributed by atoms with van der Waals surface area (Å²) in [6.45, 7) is 5.58. The van der Waals surface area contributed by atoms with E-state index in [2.05, 4.69) is 6.92 Å². The molecule has 72 valence electrons. The Morgan fingerprint density at radius 1 is 1.42 bits per heavy atom. The molecule has 0 saturated carbocycles. The Bertz CT molecular complexity index is 121.